The first-order chi connectivity index (χ1) is 12.1. The number of hydrogen-bond donors (Lipinski definition) is 1. The van der Waals surface area contributed by atoms with Gasteiger partial charge in [-0.1, -0.05) is 19.9 Å². The molecule has 2 aromatic rings. The first-order valence-electron chi connectivity index (χ1n) is 9.13. The van der Waals surface area contributed by atoms with Crippen molar-refractivity contribution in [3.05, 3.63) is 56.1 Å². The van der Waals surface area contributed by atoms with Crippen molar-refractivity contribution in [1.29, 1.82) is 0 Å². The highest BCUT2D eigenvalue weighted by Crippen LogP contribution is 2.24. The summed E-state index contributed by atoms with van der Waals surface area (Å²) < 4.78 is 0. The van der Waals surface area contributed by atoms with E-state index in [1.54, 1.807) is 17.4 Å². The van der Waals surface area contributed by atoms with Crippen molar-refractivity contribution in [3.63, 3.8) is 0 Å². The number of nitrogens with zero attached hydrogens (tertiary/aromatic N) is 1. The van der Waals surface area contributed by atoms with Crippen LogP contribution in [0.1, 0.15) is 66.4 Å². The van der Waals surface area contributed by atoms with E-state index in [4.69, 9.17) is 0 Å². The van der Waals surface area contributed by atoms with Gasteiger partial charge in [0.25, 0.3) is 11.5 Å². The lowest BCUT2D eigenvalue weighted by atomic mass is 9.96. The second kappa shape index (κ2) is 8.00. The van der Waals surface area contributed by atoms with Gasteiger partial charge >= 0.3 is 0 Å². The number of pyridine rings is 1. The fourth-order valence-corrected chi connectivity index (χ4v) is 4.21. The summed E-state index contributed by atoms with van der Waals surface area (Å²) in [4.78, 5) is 31.5. The van der Waals surface area contributed by atoms with Gasteiger partial charge in [0.2, 0.25) is 0 Å². The average Bonchev–Trinajstić information content (AvgIpc) is 3.13. The molecule has 1 N–H and O–H groups in total. The second-order valence-electron chi connectivity index (χ2n) is 7.08. The Hall–Kier alpha value is -1.88. The Morgan fingerprint density at radius 2 is 2.16 bits per heavy atom. The molecule has 0 aromatic carbocycles. The Kier molecular flexibility index (Phi) is 5.74. The number of amides is 1. The quantitative estimate of drug-likeness (QED) is 0.871. The number of likely N-dealkylation sites (tertiary alicyclic amines) is 1. The Labute approximate surface area is 152 Å². The minimum Gasteiger partial charge on any atom is -0.335 e. The fourth-order valence-electron chi connectivity index (χ4n) is 3.48. The number of carbonyl (C=O) groups excluding carboxylic acids is 1. The lowest BCUT2D eigenvalue weighted by Crippen LogP contribution is -2.45. The number of nitrogens with one attached hydrogen (secondary N) is 1. The zero-order valence-electron chi connectivity index (χ0n) is 15.0. The van der Waals surface area contributed by atoms with E-state index in [0.29, 0.717) is 0 Å². The molecule has 0 bridgehead atoms. The summed E-state index contributed by atoms with van der Waals surface area (Å²) in [6, 6.07) is 8.01. The maximum atomic E-state index is 13.0. The lowest BCUT2D eigenvalue weighted by molar-refractivity contribution is 0.0600. The fraction of sp³-hybridized carbons (Fsp3) is 0.500. The Morgan fingerprint density at radius 3 is 2.84 bits per heavy atom. The van der Waals surface area contributed by atoms with Crippen molar-refractivity contribution >= 4 is 17.2 Å². The van der Waals surface area contributed by atoms with Crippen LogP contribution in [0.4, 0.5) is 0 Å². The van der Waals surface area contributed by atoms with Crippen LogP contribution in [0.3, 0.4) is 0 Å². The minimum atomic E-state index is -0.265. The summed E-state index contributed by atoms with van der Waals surface area (Å²) in [6.45, 7) is 4.80. The number of thiophene rings is 1. The van der Waals surface area contributed by atoms with Crippen LogP contribution in [0.2, 0.25) is 0 Å². The first-order valence-corrected chi connectivity index (χ1v) is 10.0. The van der Waals surface area contributed by atoms with Crippen LogP contribution in [0.25, 0.3) is 0 Å². The number of aryl methyl sites for hydroxylation is 1. The number of hydrogen-bond acceptors (Lipinski definition) is 3. The molecule has 3 heterocycles. The predicted octanol–water partition coefficient (Wildman–Crippen LogP) is 4.19. The molecule has 1 amide bonds. The summed E-state index contributed by atoms with van der Waals surface area (Å²) in [5.74, 6) is 0.123. The topological polar surface area (TPSA) is 53.2 Å². The van der Waals surface area contributed by atoms with Gasteiger partial charge in [0.05, 0.1) is 0 Å². The van der Waals surface area contributed by atoms with E-state index in [1.807, 2.05) is 24.8 Å². The third-order valence-corrected chi connectivity index (χ3v) is 5.91. The van der Waals surface area contributed by atoms with Crippen molar-refractivity contribution in [2.75, 3.05) is 6.54 Å². The van der Waals surface area contributed by atoms with E-state index in [-0.39, 0.29) is 29.0 Å². The van der Waals surface area contributed by atoms with E-state index in [9.17, 15) is 9.59 Å². The van der Waals surface area contributed by atoms with E-state index in [1.165, 1.54) is 4.88 Å². The Bertz CT molecular complexity index is 764. The SMILES string of the molecule is CC(C)c1ccc(C(=O)N2CCCC[C@@H]2CCc2cccs2)c(=O)[nH]1. The normalized spacial score (nSPS) is 17.9. The number of piperidine rings is 1. The molecule has 1 saturated heterocycles. The maximum absolute atomic E-state index is 13.0. The van der Waals surface area contributed by atoms with E-state index >= 15 is 0 Å². The molecular formula is C20H26N2O2S. The molecule has 5 heteroatoms. The molecule has 1 aliphatic heterocycles. The molecule has 1 fully saturated rings. The third-order valence-electron chi connectivity index (χ3n) is 4.98. The van der Waals surface area contributed by atoms with Crippen LogP contribution in [-0.4, -0.2) is 28.4 Å². The van der Waals surface area contributed by atoms with E-state index in [2.05, 4.69) is 22.5 Å². The number of carbonyl (C=O) groups is 1. The predicted molar refractivity (Wildman–Crippen MR) is 102 cm³/mol. The highest BCUT2D eigenvalue weighted by atomic mass is 32.1. The van der Waals surface area contributed by atoms with Gasteiger partial charge in [0.15, 0.2) is 0 Å². The highest BCUT2D eigenvalue weighted by molar-refractivity contribution is 7.09. The molecule has 0 radical (unpaired) electrons. The molecule has 0 unspecified atom stereocenters. The van der Waals surface area contributed by atoms with Crippen molar-refractivity contribution in [1.82, 2.24) is 9.88 Å². The van der Waals surface area contributed by atoms with Crippen molar-refractivity contribution < 1.29 is 4.79 Å². The molecule has 134 valence electrons. The third kappa shape index (κ3) is 4.21. The second-order valence-corrected chi connectivity index (χ2v) is 8.11. The highest BCUT2D eigenvalue weighted by Gasteiger charge is 2.28. The molecule has 0 aliphatic carbocycles. The number of aromatic nitrogens is 1. The van der Waals surface area contributed by atoms with Gasteiger partial charge in [-0.3, -0.25) is 9.59 Å². The molecule has 3 rings (SSSR count). The standard InChI is InChI=1S/C20H26N2O2S/c1-14(2)18-11-10-17(19(23)21-18)20(24)22-12-4-3-6-15(22)8-9-16-7-5-13-25-16/h5,7,10-11,13-15H,3-4,6,8-9,12H2,1-2H3,(H,21,23)/t15-/m1/s1. The van der Waals surface area contributed by atoms with E-state index in [0.717, 1.165) is 44.3 Å². The van der Waals surface area contributed by atoms with Crippen molar-refractivity contribution in [3.8, 4) is 0 Å². The average molecular weight is 359 g/mol. The smallest absolute Gasteiger partial charge is 0.261 e. The van der Waals surface area contributed by atoms with Gasteiger partial charge in [-0.05, 0) is 61.6 Å². The van der Waals surface area contributed by atoms with Crippen molar-refractivity contribution in [2.24, 2.45) is 0 Å². The maximum Gasteiger partial charge on any atom is 0.261 e. The summed E-state index contributed by atoms with van der Waals surface area (Å²) in [5.41, 5.74) is 0.876. The van der Waals surface area contributed by atoms with Gasteiger partial charge in [0.1, 0.15) is 5.56 Å². The Morgan fingerprint density at radius 1 is 1.32 bits per heavy atom. The largest absolute Gasteiger partial charge is 0.335 e. The Balaban J connectivity index is 1.75. The zero-order chi connectivity index (χ0) is 17.8. The van der Waals surface area contributed by atoms with Crippen LogP contribution in [0.5, 0.6) is 0 Å². The molecule has 1 aliphatic rings. The molecule has 0 spiro atoms. The van der Waals surface area contributed by atoms with Crippen LogP contribution >= 0.6 is 11.3 Å². The van der Waals surface area contributed by atoms with Crippen molar-refractivity contribution in [2.45, 2.75) is 57.9 Å². The number of rotatable bonds is 5. The van der Waals surface area contributed by atoms with Crippen LogP contribution in [-0.2, 0) is 6.42 Å². The van der Waals surface area contributed by atoms with E-state index < -0.39 is 0 Å². The van der Waals surface area contributed by atoms with Gasteiger partial charge in [-0.15, -0.1) is 11.3 Å². The monoisotopic (exact) mass is 358 g/mol. The van der Waals surface area contributed by atoms with Crippen LogP contribution in [0, 0.1) is 0 Å². The number of H-pyrrole nitrogens is 1. The zero-order valence-corrected chi connectivity index (χ0v) is 15.8. The molecule has 4 nitrogen and oxygen atoms in total. The molecular weight excluding hydrogens is 332 g/mol. The summed E-state index contributed by atoms with van der Waals surface area (Å²) >= 11 is 1.77. The van der Waals surface area contributed by atoms with Gasteiger partial charge in [-0.2, -0.15) is 0 Å². The van der Waals surface area contributed by atoms with Crippen LogP contribution < -0.4 is 5.56 Å². The minimum absolute atomic E-state index is 0.118. The van der Waals surface area contributed by atoms with Gasteiger partial charge < -0.3 is 9.88 Å². The molecule has 25 heavy (non-hydrogen) atoms. The van der Waals surface area contributed by atoms with Crippen LogP contribution in [0.15, 0.2) is 34.4 Å². The molecule has 0 saturated carbocycles. The lowest BCUT2D eigenvalue weighted by Gasteiger charge is -2.35. The van der Waals surface area contributed by atoms with Gasteiger partial charge in [-0.25, -0.2) is 0 Å². The first kappa shape index (κ1) is 17.9. The summed E-state index contributed by atoms with van der Waals surface area (Å²) in [5, 5.41) is 2.09. The molecule has 2 aromatic heterocycles. The molecule has 1 atom stereocenters. The summed E-state index contributed by atoms with van der Waals surface area (Å²) in [6.07, 6.45) is 5.16. The summed E-state index contributed by atoms with van der Waals surface area (Å²) in [7, 11) is 0. The van der Waals surface area contributed by atoms with Gasteiger partial charge in [0, 0.05) is 23.2 Å². The number of aromatic amines is 1.